The van der Waals surface area contributed by atoms with E-state index in [-0.39, 0.29) is 30.8 Å². The second-order valence-electron chi connectivity index (χ2n) is 7.27. The van der Waals surface area contributed by atoms with Gasteiger partial charge in [0, 0.05) is 23.5 Å². The number of hydrogen-bond donors (Lipinski definition) is 2. The largest absolute Gasteiger partial charge is 2.00 e. The molecule has 0 unspecified atom stereocenters. The molecule has 0 spiro atoms. The molecule has 13 heteroatoms. The minimum atomic E-state index is 0. The van der Waals surface area contributed by atoms with Gasteiger partial charge >= 0.3 is 20.4 Å². The molecule has 0 bridgehead atoms. The minimum Gasteiger partial charge on any atom is -0.741 e. The standard InChI is InChI=1S/2C12H13N5S.Pd/c2*1-9-10(7-14-15-12(13)18)8-17(16-9)11-5-3-2-4-6-11;/h2*2-8H,1H3,(H3,13,15,18);/q;;+2/p-2/b14-7+;14-7-;. The Morgan fingerprint density at radius 1 is 0.703 bits per heavy atom. The number of benzene rings is 2. The summed E-state index contributed by atoms with van der Waals surface area (Å²) in [6, 6.07) is 19.7. The van der Waals surface area contributed by atoms with Gasteiger partial charge in [-0.25, -0.2) is 9.36 Å². The molecule has 4 rings (SSSR count). The van der Waals surface area contributed by atoms with Crippen molar-refractivity contribution in [2.45, 2.75) is 13.8 Å². The zero-order chi connectivity index (χ0) is 25.9. The smallest absolute Gasteiger partial charge is 0.741 e. The van der Waals surface area contributed by atoms with Crippen LogP contribution in [0.5, 0.6) is 0 Å². The first-order valence-electron chi connectivity index (χ1n) is 10.6. The van der Waals surface area contributed by atoms with Gasteiger partial charge in [0.2, 0.25) is 0 Å². The van der Waals surface area contributed by atoms with E-state index >= 15 is 0 Å². The van der Waals surface area contributed by atoms with E-state index in [0.717, 1.165) is 33.9 Å². The van der Waals surface area contributed by atoms with Crippen molar-refractivity contribution in [3.63, 3.8) is 0 Å². The Bertz CT molecular complexity index is 1280. The van der Waals surface area contributed by atoms with E-state index in [1.54, 1.807) is 21.8 Å². The molecule has 192 valence electrons. The van der Waals surface area contributed by atoms with E-state index in [2.05, 4.69) is 55.9 Å². The number of hydrogen-bond acceptors (Lipinski definition) is 8. The van der Waals surface area contributed by atoms with Crippen molar-refractivity contribution in [2.75, 3.05) is 0 Å². The molecule has 2 aromatic carbocycles. The molecule has 0 radical (unpaired) electrons. The maximum absolute atomic E-state index is 5.22. The van der Waals surface area contributed by atoms with Gasteiger partial charge < -0.3 is 36.7 Å². The molecule has 2 heterocycles. The van der Waals surface area contributed by atoms with E-state index in [4.69, 9.17) is 11.5 Å². The summed E-state index contributed by atoms with van der Waals surface area (Å²) in [5.74, 6) is 0. The fourth-order valence-corrected chi connectivity index (χ4v) is 3.02. The summed E-state index contributed by atoms with van der Waals surface area (Å²) in [4.78, 5) is 0. The molecule has 0 atom stereocenters. The Balaban J connectivity index is 0.000000253. The molecule has 0 aliphatic heterocycles. The molecule has 0 amide bonds. The molecular formula is C24H24N10PdS2. The van der Waals surface area contributed by atoms with Crippen molar-refractivity contribution in [3.8, 4) is 11.4 Å². The predicted octanol–water partition coefficient (Wildman–Crippen LogP) is 2.75. The quantitative estimate of drug-likeness (QED) is 0.112. The maximum atomic E-state index is 5.22. The van der Waals surface area contributed by atoms with E-state index in [0.29, 0.717) is 0 Å². The molecule has 0 aliphatic rings. The summed E-state index contributed by atoms with van der Waals surface area (Å²) in [6.45, 7) is 3.81. The van der Waals surface area contributed by atoms with Crippen LogP contribution in [-0.4, -0.2) is 42.3 Å². The van der Waals surface area contributed by atoms with Crippen LogP contribution in [0.1, 0.15) is 22.5 Å². The Hall–Kier alpha value is -3.76. The number of amidine groups is 2. The van der Waals surface area contributed by atoms with Crippen LogP contribution in [0.15, 0.2) is 93.5 Å². The van der Waals surface area contributed by atoms with Gasteiger partial charge in [-0.3, -0.25) is 0 Å². The van der Waals surface area contributed by atoms with Crippen LogP contribution in [0.2, 0.25) is 0 Å². The number of nitrogens with two attached hydrogens (primary N) is 2. The molecule has 0 fully saturated rings. The topological polar surface area (TPSA) is 137 Å². The summed E-state index contributed by atoms with van der Waals surface area (Å²) >= 11 is 9.20. The average molecular weight is 623 g/mol. The first-order valence-corrected chi connectivity index (χ1v) is 11.5. The van der Waals surface area contributed by atoms with Gasteiger partial charge in [-0.2, -0.15) is 30.6 Å². The van der Waals surface area contributed by atoms with Gasteiger partial charge in [0.1, 0.15) is 0 Å². The Morgan fingerprint density at radius 3 is 1.38 bits per heavy atom. The van der Waals surface area contributed by atoms with Crippen molar-refractivity contribution < 1.29 is 20.4 Å². The molecule has 0 aliphatic carbocycles. The third-order valence-corrected chi connectivity index (χ3v) is 4.78. The fourth-order valence-electron chi connectivity index (χ4n) is 2.92. The van der Waals surface area contributed by atoms with Gasteiger partial charge in [-0.15, -0.1) is 0 Å². The normalized spacial score (nSPS) is 11.8. The summed E-state index contributed by atoms with van der Waals surface area (Å²) in [5.41, 5.74) is 15.9. The zero-order valence-corrected chi connectivity index (χ0v) is 23.1. The van der Waals surface area contributed by atoms with Crippen LogP contribution in [0.4, 0.5) is 0 Å². The minimum absolute atomic E-state index is 0. The maximum Gasteiger partial charge on any atom is 2.00 e. The van der Waals surface area contributed by atoms with Gasteiger partial charge in [0.15, 0.2) is 0 Å². The van der Waals surface area contributed by atoms with Crippen LogP contribution in [0.25, 0.3) is 11.4 Å². The number of para-hydroxylation sites is 2. The molecule has 0 saturated heterocycles. The number of aryl methyl sites for hydroxylation is 2. The first-order chi connectivity index (χ1) is 17.3. The fraction of sp³-hybridized carbons (Fsp3) is 0.0833. The van der Waals surface area contributed by atoms with Crippen molar-refractivity contribution in [2.24, 2.45) is 31.9 Å². The SMILES string of the molecule is Cc1nn(-c2ccccc2)cc1/C=N/N=C(/N)[S-].Cc1nn(-c2ccccc2)cc1/C=N\N=C(\N)[S-].[Pd+2]. The summed E-state index contributed by atoms with van der Waals surface area (Å²) in [7, 11) is 0. The molecule has 2 aromatic heterocycles. The Morgan fingerprint density at radius 2 is 1.05 bits per heavy atom. The van der Waals surface area contributed by atoms with Crippen LogP contribution in [0.3, 0.4) is 0 Å². The molecule has 37 heavy (non-hydrogen) atoms. The third kappa shape index (κ3) is 9.32. The average Bonchev–Trinajstić information content (AvgIpc) is 3.42. The molecule has 4 aromatic rings. The van der Waals surface area contributed by atoms with E-state index in [9.17, 15) is 0 Å². The monoisotopic (exact) mass is 622 g/mol. The number of nitrogens with zero attached hydrogens (tertiary/aromatic N) is 8. The predicted molar refractivity (Wildman–Crippen MR) is 150 cm³/mol. The van der Waals surface area contributed by atoms with Crippen LogP contribution >= 0.6 is 0 Å². The first kappa shape index (κ1) is 29.5. The van der Waals surface area contributed by atoms with Crippen molar-refractivity contribution >= 4 is 48.0 Å². The van der Waals surface area contributed by atoms with Gasteiger partial charge in [-0.05, 0) is 48.4 Å². The third-order valence-electron chi connectivity index (χ3n) is 4.62. The zero-order valence-electron chi connectivity index (χ0n) is 19.9. The summed E-state index contributed by atoms with van der Waals surface area (Å²) in [5, 5.41) is 23.6. The second-order valence-corrected chi connectivity index (χ2v) is 8.10. The van der Waals surface area contributed by atoms with Crippen molar-refractivity contribution in [1.82, 2.24) is 19.6 Å². The summed E-state index contributed by atoms with van der Waals surface area (Å²) in [6.07, 6.45) is 6.92. The van der Waals surface area contributed by atoms with Crippen molar-refractivity contribution in [3.05, 3.63) is 95.6 Å². The molecule has 0 saturated carbocycles. The van der Waals surface area contributed by atoms with E-state index in [1.807, 2.05) is 86.9 Å². The molecule has 10 nitrogen and oxygen atoms in total. The number of rotatable bonds is 6. The second kappa shape index (κ2) is 14.7. The van der Waals surface area contributed by atoms with Gasteiger partial charge in [-0.1, -0.05) is 36.4 Å². The van der Waals surface area contributed by atoms with Gasteiger partial charge in [0.25, 0.3) is 0 Å². The van der Waals surface area contributed by atoms with E-state index in [1.165, 1.54) is 0 Å². The van der Waals surface area contributed by atoms with Gasteiger partial charge in [0.05, 0.1) is 35.2 Å². The number of aromatic nitrogens is 4. The van der Waals surface area contributed by atoms with Crippen molar-refractivity contribution in [1.29, 1.82) is 0 Å². The van der Waals surface area contributed by atoms with E-state index < -0.39 is 0 Å². The Labute approximate surface area is 239 Å². The molecular weight excluding hydrogens is 599 g/mol. The Kier molecular flexibility index (Phi) is 11.7. The van der Waals surface area contributed by atoms with Crippen LogP contribution in [0, 0.1) is 13.8 Å². The summed E-state index contributed by atoms with van der Waals surface area (Å²) < 4.78 is 3.58. The van der Waals surface area contributed by atoms with Crippen LogP contribution < -0.4 is 11.5 Å². The van der Waals surface area contributed by atoms with Crippen LogP contribution in [-0.2, 0) is 45.7 Å². The molecule has 4 N–H and O–H groups in total.